The molecule has 2 aromatic rings. The van der Waals surface area contributed by atoms with Crippen molar-refractivity contribution in [3.8, 4) is 0 Å². The quantitative estimate of drug-likeness (QED) is 0.793. The number of nitrogens with zero attached hydrogens (tertiary/aromatic N) is 3. The van der Waals surface area contributed by atoms with Gasteiger partial charge in [-0.1, -0.05) is 30.3 Å². The van der Waals surface area contributed by atoms with Gasteiger partial charge in [-0.25, -0.2) is 0 Å². The molecule has 0 spiro atoms. The lowest BCUT2D eigenvalue weighted by molar-refractivity contribution is -0.128. The van der Waals surface area contributed by atoms with E-state index >= 15 is 0 Å². The average Bonchev–Trinajstić information content (AvgIpc) is 3.02. The Morgan fingerprint density at radius 3 is 2.60 bits per heavy atom. The van der Waals surface area contributed by atoms with Crippen LogP contribution >= 0.6 is 11.8 Å². The Labute approximate surface area is 153 Å². The van der Waals surface area contributed by atoms with E-state index in [-0.39, 0.29) is 5.91 Å². The van der Waals surface area contributed by atoms with Gasteiger partial charge in [0.25, 0.3) is 0 Å². The molecule has 0 atom stereocenters. The molecule has 1 aromatic carbocycles. The standard InChI is InChI=1S/C19H25N3O2S/c1-3-18-17(15(2)20-24-18)13-25-14-19(23)22-11-9-21(10-12-22)16-7-5-4-6-8-16/h4-8H,3,9-14H2,1-2H3. The van der Waals surface area contributed by atoms with E-state index in [9.17, 15) is 4.79 Å². The number of rotatable bonds is 6. The number of carbonyl (C=O) groups is 1. The van der Waals surface area contributed by atoms with Gasteiger partial charge in [-0.05, 0) is 19.1 Å². The van der Waals surface area contributed by atoms with Crippen molar-refractivity contribution in [3.63, 3.8) is 0 Å². The Kier molecular flexibility index (Phi) is 6.02. The molecule has 0 radical (unpaired) electrons. The van der Waals surface area contributed by atoms with E-state index in [2.05, 4.69) is 41.2 Å². The molecule has 25 heavy (non-hydrogen) atoms. The second kappa shape index (κ2) is 8.43. The Hall–Kier alpha value is -1.95. The van der Waals surface area contributed by atoms with Crippen molar-refractivity contribution in [1.29, 1.82) is 0 Å². The number of hydrogen-bond acceptors (Lipinski definition) is 5. The molecule has 1 aromatic heterocycles. The van der Waals surface area contributed by atoms with E-state index in [1.165, 1.54) is 5.69 Å². The van der Waals surface area contributed by atoms with E-state index < -0.39 is 0 Å². The fraction of sp³-hybridized carbons (Fsp3) is 0.474. The third kappa shape index (κ3) is 4.37. The summed E-state index contributed by atoms with van der Waals surface area (Å²) in [5, 5.41) is 4.02. The molecule has 0 unspecified atom stereocenters. The number of thioether (sulfide) groups is 1. The van der Waals surface area contributed by atoms with Crippen LogP contribution < -0.4 is 4.90 Å². The van der Waals surface area contributed by atoms with Crippen molar-refractivity contribution < 1.29 is 9.32 Å². The molecule has 3 rings (SSSR count). The fourth-order valence-electron chi connectivity index (χ4n) is 3.08. The predicted molar refractivity (Wildman–Crippen MR) is 102 cm³/mol. The summed E-state index contributed by atoms with van der Waals surface area (Å²) >= 11 is 1.65. The van der Waals surface area contributed by atoms with Gasteiger partial charge < -0.3 is 14.3 Å². The van der Waals surface area contributed by atoms with Crippen molar-refractivity contribution >= 4 is 23.4 Å². The summed E-state index contributed by atoms with van der Waals surface area (Å²) in [4.78, 5) is 16.8. The maximum absolute atomic E-state index is 12.5. The minimum Gasteiger partial charge on any atom is -0.368 e. The Morgan fingerprint density at radius 2 is 1.92 bits per heavy atom. The SMILES string of the molecule is CCc1onc(C)c1CSCC(=O)N1CCN(c2ccccc2)CC1. The molecule has 1 fully saturated rings. The number of anilines is 1. The minimum atomic E-state index is 0.227. The van der Waals surface area contributed by atoms with Gasteiger partial charge in [0, 0.05) is 49.6 Å². The minimum absolute atomic E-state index is 0.227. The van der Waals surface area contributed by atoms with Crippen molar-refractivity contribution in [3.05, 3.63) is 47.3 Å². The monoisotopic (exact) mass is 359 g/mol. The Morgan fingerprint density at radius 1 is 1.20 bits per heavy atom. The summed E-state index contributed by atoms with van der Waals surface area (Å²) in [6.07, 6.45) is 0.839. The van der Waals surface area contributed by atoms with Crippen LogP contribution in [0.25, 0.3) is 0 Å². The molecule has 6 heteroatoms. The fourth-order valence-corrected chi connectivity index (χ4v) is 4.12. The summed E-state index contributed by atoms with van der Waals surface area (Å²) < 4.78 is 5.31. The number of aryl methyl sites for hydroxylation is 2. The maximum atomic E-state index is 12.5. The zero-order valence-corrected chi connectivity index (χ0v) is 15.7. The number of carbonyl (C=O) groups excluding carboxylic acids is 1. The summed E-state index contributed by atoms with van der Waals surface area (Å²) in [6.45, 7) is 7.40. The zero-order valence-electron chi connectivity index (χ0n) is 14.9. The van der Waals surface area contributed by atoms with Crippen LogP contribution in [0.3, 0.4) is 0 Å². The van der Waals surface area contributed by atoms with Crippen molar-refractivity contribution in [2.75, 3.05) is 36.8 Å². The second-order valence-electron chi connectivity index (χ2n) is 6.22. The first kappa shape index (κ1) is 17.9. The normalized spacial score (nSPS) is 14.8. The van der Waals surface area contributed by atoms with Crippen LogP contribution in [0, 0.1) is 6.92 Å². The molecule has 0 saturated carbocycles. The zero-order chi connectivity index (χ0) is 17.6. The highest BCUT2D eigenvalue weighted by Crippen LogP contribution is 2.21. The van der Waals surface area contributed by atoms with Gasteiger partial charge in [0.15, 0.2) is 0 Å². The van der Waals surface area contributed by atoms with Crippen molar-refractivity contribution in [2.24, 2.45) is 0 Å². The van der Waals surface area contributed by atoms with Gasteiger partial charge in [-0.3, -0.25) is 4.79 Å². The van der Waals surface area contributed by atoms with Crippen LogP contribution in [0.15, 0.2) is 34.9 Å². The van der Waals surface area contributed by atoms with E-state index in [1.807, 2.05) is 17.9 Å². The van der Waals surface area contributed by atoms with Gasteiger partial charge in [-0.15, -0.1) is 11.8 Å². The number of benzene rings is 1. The molecule has 0 aliphatic carbocycles. The van der Waals surface area contributed by atoms with E-state index in [0.29, 0.717) is 5.75 Å². The molecule has 1 amide bonds. The molecular weight excluding hydrogens is 334 g/mol. The number of aromatic nitrogens is 1. The first-order valence-corrected chi connectivity index (χ1v) is 9.94. The third-order valence-electron chi connectivity index (χ3n) is 4.61. The van der Waals surface area contributed by atoms with Crippen LogP contribution in [-0.4, -0.2) is 47.9 Å². The van der Waals surface area contributed by atoms with E-state index in [1.54, 1.807) is 11.8 Å². The van der Waals surface area contributed by atoms with E-state index in [4.69, 9.17) is 4.52 Å². The van der Waals surface area contributed by atoms with Crippen LogP contribution in [0.5, 0.6) is 0 Å². The van der Waals surface area contributed by atoms with Gasteiger partial charge >= 0.3 is 0 Å². The molecule has 0 bridgehead atoms. The highest BCUT2D eigenvalue weighted by atomic mass is 32.2. The second-order valence-corrected chi connectivity index (χ2v) is 7.21. The number of piperazine rings is 1. The number of para-hydroxylation sites is 1. The van der Waals surface area contributed by atoms with Crippen LogP contribution in [0.2, 0.25) is 0 Å². The van der Waals surface area contributed by atoms with Crippen LogP contribution in [0.1, 0.15) is 23.9 Å². The lowest BCUT2D eigenvalue weighted by atomic mass is 10.2. The number of hydrogen-bond donors (Lipinski definition) is 0. The summed E-state index contributed by atoms with van der Waals surface area (Å²) in [6, 6.07) is 10.4. The largest absolute Gasteiger partial charge is 0.368 e. The van der Waals surface area contributed by atoms with Crippen molar-refractivity contribution in [1.82, 2.24) is 10.1 Å². The molecule has 1 aliphatic rings. The molecule has 2 heterocycles. The van der Waals surface area contributed by atoms with Gasteiger partial charge in [0.2, 0.25) is 5.91 Å². The van der Waals surface area contributed by atoms with Gasteiger partial charge in [0.1, 0.15) is 5.76 Å². The molecule has 0 N–H and O–H groups in total. The predicted octanol–water partition coefficient (Wildman–Crippen LogP) is 3.13. The summed E-state index contributed by atoms with van der Waals surface area (Å²) in [5.41, 5.74) is 3.32. The third-order valence-corrected chi connectivity index (χ3v) is 5.56. The topological polar surface area (TPSA) is 49.6 Å². The highest BCUT2D eigenvalue weighted by molar-refractivity contribution is 7.99. The molecular formula is C19H25N3O2S. The first-order valence-electron chi connectivity index (χ1n) is 8.78. The summed E-state index contributed by atoms with van der Waals surface area (Å²) in [5.74, 6) is 2.46. The first-order chi connectivity index (χ1) is 12.2. The molecule has 1 aliphatic heterocycles. The van der Waals surface area contributed by atoms with Gasteiger partial charge in [-0.2, -0.15) is 0 Å². The van der Waals surface area contributed by atoms with Crippen LogP contribution in [-0.2, 0) is 17.0 Å². The highest BCUT2D eigenvalue weighted by Gasteiger charge is 2.21. The summed E-state index contributed by atoms with van der Waals surface area (Å²) in [7, 11) is 0. The average molecular weight is 359 g/mol. The molecule has 5 nitrogen and oxygen atoms in total. The maximum Gasteiger partial charge on any atom is 0.232 e. The molecule has 134 valence electrons. The lowest BCUT2D eigenvalue weighted by Gasteiger charge is -2.36. The van der Waals surface area contributed by atoms with Gasteiger partial charge in [0.05, 0.1) is 11.4 Å². The number of amides is 1. The lowest BCUT2D eigenvalue weighted by Crippen LogP contribution is -2.49. The molecule has 1 saturated heterocycles. The smallest absolute Gasteiger partial charge is 0.232 e. The van der Waals surface area contributed by atoms with Crippen molar-refractivity contribution in [2.45, 2.75) is 26.0 Å². The Balaban J connectivity index is 1.44. The Bertz CT molecular complexity index is 694. The van der Waals surface area contributed by atoms with E-state index in [0.717, 1.165) is 55.4 Å². The van der Waals surface area contributed by atoms with Crippen LogP contribution in [0.4, 0.5) is 5.69 Å².